The number of carbonyl (C=O) groups is 1. The van der Waals surface area contributed by atoms with E-state index in [1.54, 1.807) is 0 Å². The third-order valence-corrected chi connectivity index (χ3v) is 3.22. The van der Waals surface area contributed by atoms with Gasteiger partial charge < -0.3 is 15.0 Å². The number of benzene rings is 1. The summed E-state index contributed by atoms with van der Waals surface area (Å²) in [6, 6.07) is 10.2. The molecular weight excluding hydrogens is 240 g/mol. The molecule has 0 saturated heterocycles. The fourth-order valence-corrected chi connectivity index (χ4v) is 2.00. The zero-order valence-corrected chi connectivity index (χ0v) is 11.2. The number of nitrogens with one attached hydrogen (secondary N) is 1. The van der Waals surface area contributed by atoms with Crippen molar-refractivity contribution >= 4 is 16.8 Å². The maximum absolute atomic E-state index is 11.7. The first-order chi connectivity index (χ1) is 9.20. The summed E-state index contributed by atoms with van der Waals surface area (Å²) in [6.45, 7) is 3.21. The Morgan fingerprint density at radius 3 is 2.95 bits per heavy atom. The van der Waals surface area contributed by atoms with E-state index in [2.05, 4.69) is 28.1 Å². The Hall–Kier alpha value is -1.81. The molecule has 0 aliphatic rings. The van der Waals surface area contributed by atoms with E-state index in [9.17, 15) is 4.79 Å². The molecule has 0 spiro atoms. The van der Waals surface area contributed by atoms with Crippen LogP contribution in [0.25, 0.3) is 10.9 Å². The van der Waals surface area contributed by atoms with Crippen molar-refractivity contribution in [3.8, 4) is 0 Å². The quantitative estimate of drug-likeness (QED) is 0.831. The molecule has 1 aromatic carbocycles. The number of hydrogen-bond acceptors (Lipinski definition) is 2. The van der Waals surface area contributed by atoms with Crippen LogP contribution in [0.2, 0.25) is 0 Å². The maximum atomic E-state index is 11.7. The van der Waals surface area contributed by atoms with Crippen LogP contribution in [0.1, 0.15) is 13.3 Å². The van der Waals surface area contributed by atoms with Gasteiger partial charge in [0.2, 0.25) is 5.91 Å². The Balaban J connectivity index is 1.87. The van der Waals surface area contributed by atoms with Crippen molar-refractivity contribution in [2.45, 2.75) is 19.9 Å². The van der Waals surface area contributed by atoms with Crippen LogP contribution >= 0.6 is 0 Å². The van der Waals surface area contributed by atoms with Crippen LogP contribution in [-0.2, 0) is 11.3 Å². The first-order valence-electron chi connectivity index (χ1n) is 6.62. The average molecular weight is 260 g/mol. The zero-order chi connectivity index (χ0) is 13.7. The smallest absolute Gasteiger partial charge is 0.221 e. The number of fused-ring (bicyclic) bond motifs is 1. The molecule has 0 aliphatic carbocycles. The van der Waals surface area contributed by atoms with E-state index in [0.29, 0.717) is 19.5 Å². The zero-order valence-electron chi connectivity index (χ0n) is 11.2. The summed E-state index contributed by atoms with van der Waals surface area (Å²) in [7, 11) is 0. The normalized spacial score (nSPS) is 12.5. The SMILES string of the molecule is CC(CO)CNC(=O)CCn1ccc2ccccc21. The number of amides is 1. The van der Waals surface area contributed by atoms with Gasteiger partial charge in [0.15, 0.2) is 0 Å². The molecule has 0 aliphatic heterocycles. The van der Waals surface area contributed by atoms with Gasteiger partial charge in [-0.1, -0.05) is 25.1 Å². The number of aromatic nitrogens is 1. The summed E-state index contributed by atoms with van der Waals surface area (Å²) >= 11 is 0. The molecule has 2 rings (SSSR count). The number of nitrogens with zero attached hydrogens (tertiary/aromatic N) is 1. The molecule has 0 fully saturated rings. The molecule has 1 amide bonds. The van der Waals surface area contributed by atoms with Crippen LogP contribution < -0.4 is 5.32 Å². The van der Waals surface area contributed by atoms with Gasteiger partial charge in [0.25, 0.3) is 0 Å². The van der Waals surface area contributed by atoms with Crippen LogP contribution in [-0.4, -0.2) is 28.7 Å². The van der Waals surface area contributed by atoms with Crippen LogP contribution in [0.4, 0.5) is 0 Å². The summed E-state index contributed by atoms with van der Waals surface area (Å²) < 4.78 is 2.09. The molecule has 1 atom stereocenters. The summed E-state index contributed by atoms with van der Waals surface area (Å²) in [6.07, 6.45) is 2.46. The van der Waals surface area contributed by atoms with Gasteiger partial charge in [-0.3, -0.25) is 4.79 Å². The highest BCUT2D eigenvalue weighted by Crippen LogP contribution is 2.15. The molecule has 102 valence electrons. The molecule has 0 radical (unpaired) electrons. The van der Waals surface area contributed by atoms with Gasteiger partial charge in [0, 0.05) is 37.8 Å². The summed E-state index contributed by atoms with van der Waals surface area (Å²) in [5.74, 6) is 0.134. The van der Waals surface area contributed by atoms with Crippen LogP contribution in [0.5, 0.6) is 0 Å². The van der Waals surface area contributed by atoms with E-state index >= 15 is 0 Å². The van der Waals surface area contributed by atoms with Crippen LogP contribution in [0.3, 0.4) is 0 Å². The van der Waals surface area contributed by atoms with Crippen molar-refractivity contribution < 1.29 is 9.90 Å². The van der Waals surface area contributed by atoms with Gasteiger partial charge in [-0.2, -0.15) is 0 Å². The first kappa shape index (κ1) is 13.6. The number of para-hydroxylation sites is 1. The Morgan fingerprint density at radius 2 is 2.16 bits per heavy atom. The molecule has 2 N–H and O–H groups in total. The second kappa shape index (κ2) is 6.38. The van der Waals surface area contributed by atoms with Gasteiger partial charge in [-0.15, -0.1) is 0 Å². The highest BCUT2D eigenvalue weighted by molar-refractivity contribution is 5.80. The molecular formula is C15H20N2O2. The van der Waals surface area contributed by atoms with Gasteiger partial charge in [0.05, 0.1) is 0 Å². The molecule has 0 bridgehead atoms. The van der Waals surface area contributed by atoms with E-state index in [4.69, 9.17) is 5.11 Å². The summed E-state index contributed by atoms with van der Waals surface area (Å²) in [4.78, 5) is 11.7. The van der Waals surface area contributed by atoms with Crippen molar-refractivity contribution in [3.63, 3.8) is 0 Å². The Bertz CT molecular complexity index is 548. The molecule has 0 saturated carbocycles. The van der Waals surface area contributed by atoms with Crippen molar-refractivity contribution in [3.05, 3.63) is 36.5 Å². The molecule has 2 aromatic rings. The number of aliphatic hydroxyl groups is 1. The molecule has 19 heavy (non-hydrogen) atoms. The maximum Gasteiger partial charge on any atom is 0.221 e. The average Bonchev–Trinajstić information content (AvgIpc) is 2.85. The monoisotopic (exact) mass is 260 g/mol. The van der Waals surface area contributed by atoms with Crippen molar-refractivity contribution in [1.29, 1.82) is 0 Å². The van der Waals surface area contributed by atoms with Crippen LogP contribution in [0, 0.1) is 5.92 Å². The predicted molar refractivity (Wildman–Crippen MR) is 75.8 cm³/mol. The van der Waals surface area contributed by atoms with Gasteiger partial charge >= 0.3 is 0 Å². The van der Waals surface area contributed by atoms with Crippen molar-refractivity contribution in [2.24, 2.45) is 5.92 Å². The fraction of sp³-hybridized carbons (Fsp3) is 0.400. The van der Waals surface area contributed by atoms with Gasteiger partial charge in [-0.05, 0) is 23.4 Å². The molecule has 4 heteroatoms. The van der Waals surface area contributed by atoms with E-state index in [1.807, 2.05) is 25.3 Å². The minimum atomic E-state index is 0.0260. The second-order valence-corrected chi connectivity index (χ2v) is 4.91. The minimum Gasteiger partial charge on any atom is -0.396 e. The number of hydrogen-bond donors (Lipinski definition) is 2. The first-order valence-corrected chi connectivity index (χ1v) is 6.62. The lowest BCUT2D eigenvalue weighted by atomic mass is 10.2. The molecule has 4 nitrogen and oxygen atoms in total. The lowest BCUT2D eigenvalue weighted by Crippen LogP contribution is -2.30. The highest BCUT2D eigenvalue weighted by Gasteiger charge is 2.06. The number of rotatable bonds is 6. The molecule has 1 unspecified atom stereocenters. The van der Waals surface area contributed by atoms with Crippen molar-refractivity contribution in [1.82, 2.24) is 9.88 Å². The van der Waals surface area contributed by atoms with Crippen LogP contribution in [0.15, 0.2) is 36.5 Å². The Kier molecular flexibility index (Phi) is 4.58. The molecule has 1 aromatic heterocycles. The van der Waals surface area contributed by atoms with E-state index in [0.717, 1.165) is 5.52 Å². The van der Waals surface area contributed by atoms with E-state index in [-0.39, 0.29) is 18.4 Å². The second-order valence-electron chi connectivity index (χ2n) is 4.91. The summed E-state index contributed by atoms with van der Waals surface area (Å²) in [5.41, 5.74) is 1.15. The fourth-order valence-electron chi connectivity index (χ4n) is 2.00. The highest BCUT2D eigenvalue weighted by atomic mass is 16.3. The minimum absolute atomic E-state index is 0.0260. The molecule has 1 heterocycles. The lowest BCUT2D eigenvalue weighted by Gasteiger charge is -2.10. The van der Waals surface area contributed by atoms with Gasteiger partial charge in [0.1, 0.15) is 0 Å². The van der Waals surface area contributed by atoms with E-state index < -0.39 is 0 Å². The number of aliphatic hydroxyl groups excluding tert-OH is 1. The lowest BCUT2D eigenvalue weighted by molar-refractivity contribution is -0.121. The third-order valence-electron chi connectivity index (χ3n) is 3.22. The predicted octanol–water partition coefficient (Wildman–Crippen LogP) is 1.78. The van der Waals surface area contributed by atoms with Crippen molar-refractivity contribution in [2.75, 3.05) is 13.2 Å². The Morgan fingerprint density at radius 1 is 1.37 bits per heavy atom. The number of aryl methyl sites for hydroxylation is 1. The van der Waals surface area contributed by atoms with Gasteiger partial charge in [-0.25, -0.2) is 0 Å². The number of carbonyl (C=O) groups excluding carboxylic acids is 1. The van der Waals surface area contributed by atoms with E-state index in [1.165, 1.54) is 5.39 Å². The largest absolute Gasteiger partial charge is 0.396 e. The third kappa shape index (κ3) is 3.58. The summed E-state index contributed by atoms with van der Waals surface area (Å²) in [5, 5.41) is 12.9. The Labute approximate surface area is 113 Å². The standard InChI is InChI=1S/C15H20N2O2/c1-12(11-18)10-16-15(19)7-9-17-8-6-13-4-2-3-5-14(13)17/h2-6,8,12,18H,7,9-11H2,1H3,(H,16,19). The topological polar surface area (TPSA) is 54.3 Å².